The molecule has 34 heavy (non-hydrogen) atoms. The lowest BCUT2D eigenvalue weighted by atomic mass is 9.99. The van der Waals surface area contributed by atoms with Crippen molar-refractivity contribution in [1.29, 1.82) is 0 Å². The van der Waals surface area contributed by atoms with Crippen LogP contribution >= 0.6 is 0 Å². The van der Waals surface area contributed by atoms with E-state index in [-0.39, 0.29) is 10.9 Å². The van der Waals surface area contributed by atoms with E-state index in [1.165, 1.54) is 12.8 Å². The Labute approximate surface area is 196 Å². The number of likely N-dealkylation sites (tertiary alicyclic amines) is 1. The third-order valence-corrected chi connectivity index (χ3v) is 6.94. The SMILES string of the molecule is Cc1ccc2[nH]c3c(cc(NCCCN4CCCC4)c4c(=O)c5ccccc5c(=O)c43)oc2c1. The van der Waals surface area contributed by atoms with Gasteiger partial charge in [0.25, 0.3) is 0 Å². The highest BCUT2D eigenvalue weighted by Crippen LogP contribution is 2.31. The molecule has 1 fully saturated rings. The Morgan fingerprint density at radius 3 is 2.44 bits per heavy atom. The molecule has 6 nitrogen and oxygen atoms in total. The highest BCUT2D eigenvalue weighted by atomic mass is 16.3. The molecule has 5 aromatic rings. The molecule has 6 heteroatoms. The third-order valence-electron chi connectivity index (χ3n) is 6.94. The van der Waals surface area contributed by atoms with Crippen LogP contribution in [0.3, 0.4) is 0 Å². The summed E-state index contributed by atoms with van der Waals surface area (Å²) in [6, 6.07) is 14.8. The predicted octanol–water partition coefficient (Wildman–Crippen LogP) is 5.15. The first-order valence-corrected chi connectivity index (χ1v) is 12.0. The Morgan fingerprint density at radius 1 is 0.941 bits per heavy atom. The normalized spacial score (nSPS) is 14.6. The predicted molar refractivity (Wildman–Crippen MR) is 139 cm³/mol. The van der Waals surface area contributed by atoms with Gasteiger partial charge in [0.2, 0.25) is 0 Å². The van der Waals surface area contributed by atoms with Crippen LogP contribution in [0.4, 0.5) is 5.69 Å². The number of fused-ring (bicyclic) bond motifs is 5. The molecule has 0 atom stereocenters. The van der Waals surface area contributed by atoms with Gasteiger partial charge in [0.05, 0.1) is 21.8 Å². The Bertz CT molecular complexity index is 1680. The number of nitrogens with one attached hydrogen (secondary N) is 2. The molecule has 0 amide bonds. The van der Waals surface area contributed by atoms with Gasteiger partial charge in [-0.3, -0.25) is 9.59 Å². The monoisotopic (exact) mass is 453 g/mol. The summed E-state index contributed by atoms with van der Waals surface area (Å²) < 4.78 is 6.25. The van der Waals surface area contributed by atoms with E-state index in [4.69, 9.17) is 4.42 Å². The minimum atomic E-state index is -0.158. The van der Waals surface area contributed by atoms with Gasteiger partial charge in [-0.2, -0.15) is 0 Å². The molecule has 0 spiro atoms. The largest absolute Gasteiger partial charge is 0.453 e. The smallest absolute Gasteiger partial charge is 0.196 e. The molecule has 2 heterocycles. The molecule has 2 N–H and O–H groups in total. The van der Waals surface area contributed by atoms with Gasteiger partial charge >= 0.3 is 0 Å². The van der Waals surface area contributed by atoms with Crippen LogP contribution in [0.25, 0.3) is 43.7 Å². The zero-order valence-corrected chi connectivity index (χ0v) is 19.2. The van der Waals surface area contributed by atoms with Gasteiger partial charge in [0.15, 0.2) is 22.0 Å². The summed E-state index contributed by atoms with van der Waals surface area (Å²) in [5, 5.41) is 5.15. The van der Waals surface area contributed by atoms with Crippen molar-refractivity contribution in [1.82, 2.24) is 9.88 Å². The number of rotatable bonds is 5. The first-order chi connectivity index (χ1) is 16.6. The molecule has 1 saturated heterocycles. The molecular weight excluding hydrogens is 426 g/mol. The number of hydrogen-bond acceptors (Lipinski definition) is 5. The molecule has 0 aliphatic carbocycles. The summed E-state index contributed by atoms with van der Waals surface area (Å²) in [6.45, 7) is 6.08. The highest BCUT2D eigenvalue weighted by Gasteiger charge is 2.19. The summed E-state index contributed by atoms with van der Waals surface area (Å²) in [5.74, 6) is 0. The van der Waals surface area contributed by atoms with Gasteiger partial charge in [-0.1, -0.05) is 30.3 Å². The Balaban J connectivity index is 1.57. The Kier molecular flexibility index (Phi) is 5.11. The Morgan fingerprint density at radius 2 is 1.68 bits per heavy atom. The van der Waals surface area contributed by atoms with Crippen LogP contribution in [0, 0.1) is 6.92 Å². The van der Waals surface area contributed by atoms with Gasteiger partial charge in [0, 0.05) is 29.1 Å². The van der Waals surface area contributed by atoms with Crippen LogP contribution < -0.4 is 16.2 Å². The lowest BCUT2D eigenvalue weighted by molar-refractivity contribution is 0.337. The number of aryl methyl sites for hydroxylation is 1. The number of H-pyrrole nitrogens is 1. The zero-order valence-electron chi connectivity index (χ0n) is 19.2. The second kappa shape index (κ2) is 8.29. The molecular formula is C28H27N3O3. The van der Waals surface area contributed by atoms with E-state index in [0.717, 1.165) is 37.1 Å². The first-order valence-electron chi connectivity index (χ1n) is 12.0. The quantitative estimate of drug-likeness (QED) is 0.219. The van der Waals surface area contributed by atoms with Crippen molar-refractivity contribution in [2.24, 2.45) is 0 Å². The maximum absolute atomic E-state index is 13.7. The van der Waals surface area contributed by atoms with E-state index < -0.39 is 0 Å². The van der Waals surface area contributed by atoms with Gasteiger partial charge in [0.1, 0.15) is 0 Å². The van der Waals surface area contributed by atoms with Crippen LogP contribution in [0.5, 0.6) is 0 Å². The van der Waals surface area contributed by atoms with Crippen LogP contribution in [-0.4, -0.2) is 36.1 Å². The lowest BCUT2D eigenvalue weighted by Gasteiger charge is -2.16. The topological polar surface area (TPSA) is 78.3 Å². The minimum absolute atomic E-state index is 0.133. The highest BCUT2D eigenvalue weighted by molar-refractivity contribution is 6.14. The van der Waals surface area contributed by atoms with E-state index >= 15 is 0 Å². The number of aromatic amines is 1. The van der Waals surface area contributed by atoms with Crippen LogP contribution in [-0.2, 0) is 0 Å². The fraction of sp³-hybridized carbons (Fsp3) is 0.286. The average Bonchev–Trinajstić information content (AvgIpc) is 3.37. The van der Waals surface area contributed by atoms with Crippen LogP contribution in [0.15, 0.2) is 62.5 Å². The average molecular weight is 454 g/mol. The van der Waals surface area contributed by atoms with Crippen molar-refractivity contribution in [3.8, 4) is 0 Å². The molecule has 0 saturated carbocycles. The second-order valence-corrected chi connectivity index (χ2v) is 9.31. The fourth-order valence-corrected chi connectivity index (χ4v) is 5.22. The molecule has 1 aromatic heterocycles. The standard InChI is InChI=1S/C28H27N3O3/c1-17-9-10-20-22(15-17)34-23-16-21(29-11-6-14-31-12-4-5-13-31)24-25(26(23)30-20)28(33)19-8-3-2-7-18(19)27(24)32/h2-3,7-10,15-16,29-30H,4-6,11-14H2,1H3. The van der Waals surface area contributed by atoms with Gasteiger partial charge in [-0.05, 0) is 63.5 Å². The van der Waals surface area contributed by atoms with Gasteiger partial charge < -0.3 is 19.6 Å². The van der Waals surface area contributed by atoms with Crippen molar-refractivity contribution in [3.05, 3.63) is 74.5 Å². The van der Waals surface area contributed by atoms with Crippen LogP contribution in [0.1, 0.15) is 24.8 Å². The third kappa shape index (κ3) is 3.46. The van der Waals surface area contributed by atoms with E-state index in [1.807, 2.05) is 31.2 Å². The van der Waals surface area contributed by atoms with E-state index in [0.29, 0.717) is 50.5 Å². The summed E-state index contributed by atoms with van der Waals surface area (Å²) in [4.78, 5) is 33.1. The second-order valence-electron chi connectivity index (χ2n) is 9.31. The van der Waals surface area contributed by atoms with Crippen LogP contribution in [0.2, 0.25) is 0 Å². The maximum Gasteiger partial charge on any atom is 0.196 e. The number of anilines is 1. The van der Waals surface area contributed by atoms with Gasteiger partial charge in [-0.25, -0.2) is 0 Å². The van der Waals surface area contributed by atoms with Crippen molar-refractivity contribution in [2.45, 2.75) is 26.2 Å². The number of aromatic nitrogens is 1. The maximum atomic E-state index is 13.7. The molecule has 0 radical (unpaired) electrons. The minimum Gasteiger partial charge on any atom is -0.453 e. The first kappa shape index (κ1) is 20.9. The summed E-state index contributed by atoms with van der Waals surface area (Å²) in [5.41, 5.74) is 4.05. The van der Waals surface area contributed by atoms with Crippen molar-refractivity contribution < 1.29 is 4.42 Å². The van der Waals surface area contributed by atoms with Gasteiger partial charge in [-0.15, -0.1) is 0 Å². The number of hydrogen-bond donors (Lipinski definition) is 2. The van der Waals surface area contributed by atoms with Crippen molar-refractivity contribution in [2.75, 3.05) is 31.5 Å². The summed E-state index contributed by atoms with van der Waals surface area (Å²) >= 11 is 0. The molecule has 6 rings (SSSR count). The van der Waals surface area contributed by atoms with E-state index in [1.54, 1.807) is 24.3 Å². The number of benzene rings is 4. The molecule has 4 aromatic carbocycles. The van der Waals surface area contributed by atoms with Crippen molar-refractivity contribution in [3.63, 3.8) is 0 Å². The molecule has 0 bridgehead atoms. The summed E-state index contributed by atoms with van der Waals surface area (Å²) in [6.07, 6.45) is 3.51. The lowest BCUT2D eigenvalue weighted by Crippen LogP contribution is -2.22. The molecule has 1 aliphatic heterocycles. The molecule has 1 aliphatic rings. The van der Waals surface area contributed by atoms with E-state index in [9.17, 15) is 9.59 Å². The van der Waals surface area contributed by atoms with E-state index in [2.05, 4.69) is 15.2 Å². The number of nitrogens with zero attached hydrogens (tertiary/aromatic N) is 1. The zero-order chi connectivity index (χ0) is 23.2. The Hall–Kier alpha value is -3.64. The molecule has 172 valence electrons. The fourth-order valence-electron chi connectivity index (χ4n) is 5.22. The molecule has 0 unspecified atom stereocenters. The van der Waals surface area contributed by atoms with Crippen molar-refractivity contribution >= 4 is 49.4 Å². The summed E-state index contributed by atoms with van der Waals surface area (Å²) in [7, 11) is 0.